The first-order chi connectivity index (χ1) is 10.3. The van der Waals surface area contributed by atoms with Crippen LogP contribution in [0.5, 0.6) is 0 Å². The van der Waals surface area contributed by atoms with Gasteiger partial charge in [0.2, 0.25) is 0 Å². The summed E-state index contributed by atoms with van der Waals surface area (Å²) in [6, 6.07) is 2.19. The van der Waals surface area contributed by atoms with Gasteiger partial charge in [0.05, 0.1) is 6.07 Å². The molecule has 122 valence electrons. The van der Waals surface area contributed by atoms with Crippen molar-refractivity contribution in [2.24, 2.45) is 0 Å². The molecule has 0 fully saturated rings. The molecule has 0 bridgehead atoms. The summed E-state index contributed by atoms with van der Waals surface area (Å²) in [5.74, 6) is 0. The number of hydrogen-bond donors (Lipinski definition) is 0. The molecule has 0 atom stereocenters. The summed E-state index contributed by atoms with van der Waals surface area (Å²) in [6.07, 6.45) is 13.3. The second kappa shape index (κ2) is 17.5. The predicted octanol–water partition coefficient (Wildman–Crippen LogP) is 5.36. The molecular weight excluding hydrogens is 261 g/mol. The fraction of sp³-hybridized carbons (Fsp3) is 0.941. The van der Waals surface area contributed by atoms with Crippen LogP contribution in [0.15, 0.2) is 0 Å². The topological polar surface area (TPSA) is 42.2 Å². The molecule has 4 heteroatoms. The van der Waals surface area contributed by atoms with E-state index < -0.39 is 0 Å². The highest BCUT2D eigenvalue weighted by atomic mass is 16.6. The van der Waals surface area contributed by atoms with Crippen molar-refractivity contribution < 1.29 is 9.31 Å². The largest absolute Gasteiger partial charge is 0.456 e. The summed E-state index contributed by atoms with van der Waals surface area (Å²) in [5, 5.41) is 8.57. The van der Waals surface area contributed by atoms with Crippen LogP contribution in [0.2, 0.25) is 6.32 Å². The van der Waals surface area contributed by atoms with Gasteiger partial charge in [-0.15, -0.1) is 0 Å². The van der Waals surface area contributed by atoms with E-state index in [2.05, 4.69) is 19.9 Å². The van der Waals surface area contributed by atoms with Crippen LogP contribution < -0.4 is 0 Å². The Labute approximate surface area is 132 Å². The zero-order valence-corrected chi connectivity index (χ0v) is 14.2. The van der Waals surface area contributed by atoms with Crippen molar-refractivity contribution >= 4 is 7.12 Å². The lowest BCUT2D eigenvalue weighted by molar-refractivity contribution is 0.188. The van der Waals surface area contributed by atoms with Crippen molar-refractivity contribution in [1.29, 1.82) is 5.26 Å². The van der Waals surface area contributed by atoms with Gasteiger partial charge in [-0.1, -0.05) is 58.8 Å². The normalized spacial score (nSPS) is 10.5. The second-order valence-corrected chi connectivity index (χ2v) is 5.70. The maximum atomic E-state index is 8.57. The average molecular weight is 295 g/mol. The van der Waals surface area contributed by atoms with Gasteiger partial charge in [0.25, 0.3) is 0 Å². The minimum atomic E-state index is -0.0630. The van der Waals surface area contributed by atoms with Gasteiger partial charge in [-0.2, -0.15) is 5.26 Å². The van der Waals surface area contributed by atoms with Crippen LogP contribution in [0.1, 0.15) is 84.5 Å². The van der Waals surface area contributed by atoms with E-state index in [4.69, 9.17) is 14.6 Å². The summed E-state index contributed by atoms with van der Waals surface area (Å²) in [4.78, 5) is 0. The van der Waals surface area contributed by atoms with E-state index in [1.807, 2.05) is 0 Å². The van der Waals surface area contributed by atoms with Crippen LogP contribution in [0.25, 0.3) is 0 Å². The molecular formula is C17H34BNO2. The monoisotopic (exact) mass is 295 g/mol. The highest BCUT2D eigenvalue weighted by Gasteiger charge is 2.17. The summed E-state index contributed by atoms with van der Waals surface area (Å²) in [5.41, 5.74) is 0. The molecule has 0 radical (unpaired) electrons. The molecule has 0 saturated carbocycles. The van der Waals surface area contributed by atoms with Crippen molar-refractivity contribution in [3.63, 3.8) is 0 Å². The molecule has 0 amide bonds. The Hall–Kier alpha value is -0.525. The van der Waals surface area contributed by atoms with Crippen LogP contribution in [0.3, 0.4) is 0 Å². The van der Waals surface area contributed by atoms with Crippen molar-refractivity contribution in [2.75, 3.05) is 13.2 Å². The van der Waals surface area contributed by atoms with Gasteiger partial charge in [-0.05, 0) is 25.6 Å². The first-order valence-corrected chi connectivity index (χ1v) is 8.95. The van der Waals surface area contributed by atoms with Crippen LogP contribution in [0, 0.1) is 11.3 Å². The third-order valence-electron chi connectivity index (χ3n) is 3.58. The maximum Gasteiger partial charge on any atom is 0.456 e. The lowest BCUT2D eigenvalue weighted by atomic mass is 9.81. The smallest absolute Gasteiger partial charge is 0.411 e. The molecule has 0 saturated heterocycles. The molecule has 0 N–H and O–H groups in total. The van der Waals surface area contributed by atoms with E-state index >= 15 is 0 Å². The number of hydrogen-bond acceptors (Lipinski definition) is 3. The molecule has 0 aliphatic heterocycles. The van der Waals surface area contributed by atoms with Gasteiger partial charge >= 0.3 is 7.12 Å². The van der Waals surface area contributed by atoms with Gasteiger partial charge in [-0.25, -0.2) is 0 Å². The fourth-order valence-corrected chi connectivity index (χ4v) is 2.22. The van der Waals surface area contributed by atoms with E-state index in [9.17, 15) is 0 Å². The third kappa shape index (κ3) is 15.7. The molecule has 3 nitrogen and oxygen atoms in total. The number of nitrogens with zero attached hydrogens (tertiary/aromatic N) is 1. The Bertz CT molecular complexity index is 229. The van der Waals surface area contributed by atoms with E-state index in [1.54, 1.807) is 0 Å². The number of nitriles is 1. The SMILES string of the molecule is CCCCCCOB(CCCCC#N)OCCCCCC. The molecule has 21 heavy (non-hydrogen) atoms. The Morgan fingerprint density at radius 2 is 1.33 bits per heavy atom. The van der Waals surface area contributed by atoms with Gasteiger partial charge in [0.15, 0.2) is 0 Å². The zero-order valence-electron chi connectivity index (χ0n) is 14.2. The van der Waals surface area contributed by atoms with Crippen LogP contribution in [-0.2, 0) is 9.31 Å². The fourth-order valence-electron chi connectivity index (χ4n) is 2.22. The van der Waals surface area contributed by atoms with E-state index in [1.165, 1.54) is 38.5 Å². The highest BCUT2D eigenvalue weighted by molar-refractivity contribution is 6.44. The molecule has 0 aromatic rings. The second-order valence-electron chi connectivity index (χ2n) is 5.70. The number of unbranched alkanes of at least 4 members (excludes halogenated alkanes) is 8. The van der Waals surface area contributed by atoms with E-state index in [0.717, 1.165) is 45.2 Å². The summed E-state index contributed by atoms with van der Waals surface area (Å²) < 4.78 is 11.7. The third-order valence-corrected chi connectivity index (χ3v) is 3.58. The van der Waals surface area contributed by atoms with Crippen molar-refractivity contribution in [2.45, 2.75) is 90.8 Å². The lowest BCUT2D eigenvalue weighted by Crippen LogP contribution is -2.24. The van der Waals surface area contributed by atoms with Crippen LogP contribution in [-0.4, -0.2) is 20.3 Å². The minimum absolute atomic E-state index is 0.0630. The standard InChI is InChI=1S/C17H34BNO2/c1-3-5-7-12-16-20-18(14-10-9-11-15-19)21-17-13-8-6-4-2/h3-14,16-17H2,1-2H3. The molecule has 0 spiro atoms. The average Bonchev–Trinajstić information content (AvgIpc) is 2.50. The van der Waals surface area contributed by atoms with E-state index in [-0.39, 0.29) is 7.12 Å². The molecule has 0 unspecified atom stereocenters. The molecule has 0 heterocycles. The predicted molar refractivity (Wildman–Crippen MR) is 90.2 cm³/mol. The highest BCUT2D eigenvalue weighted by Crippen LogP contribution is 2.09. The molecule has 0 aliphatic carbocycles. The van der Waals surface area contributed by atoms with Gasteiger partial charge < -0.3 is 9.31 Å². The number of rotatable bonds is 16. The van der Waals surface area contributed by atoms with Crippen LogP contribution in [0.4, 0.5) is 0 Å². The zero-order chi connectivity index (χ0) is 15.6. The molecule has 0 aromatic heterocycles. The summed E-state index contributed by atoms with van der Waals surface area (Å²) in [6.45, 7) is 6.05. The quantitative estimate of drug-likeness (QED) is 0.284. The van der Waals surface area contributed by atoms with Crippen molar-refractivity contribution in [1.82, 2.24) is 0 Å². The summed E-state index contributed by atoms with van der Waals surface area (Å²) >= 11 is 0. The Balaban J connectivity index is 3.72. The minimum Gasteiger partial charge on any atom is -0.411 e. The van der Waals surface area contributed by atoms with Gasteiger partial charge in [-0.3, -0.25) is 0 Å². The first kappa shape index (κ1) is 20.5. The van der Waals surface area contributed by atoms with Crippen molar-refractivity contribution in [3.05, 3.63) is 0 Å². The van der Waals surface area contributed by atoms with Gasteiger partial charge in [0.1, 0.15) is 0 Å². The molecule has 0 rings (SSSR count). The molecule has 0 aromatic carbocycles. The first-order valence-electron chi connectivity index (χ1n) is 8.95. The lowest BCUT2D eigenvalue weighted by Gasteiger charge is -2.14. The van der Waals surface area contributed by atoms with Crippen LogP contribution >= 0.6 is 0 Å². The van der Waals surface area contributed by atoms with Crippen molar-refractivity contribution in [3.8, 4) is 6.07 Å². The Morgan fingerprint density at radius 1 is 0.762 bits per heavy atom. The maximum absolute atomic E-state index is 8.57. The van der Waals surface area contributed by atoms with Gasteiger partial charge in [0, 0.05) is 19.6 Å². The molecule has 0 aliphatic rings. The Morgan fingerprint density at radius 3 is 1.81 bits per heavy atom. The van der Waals surface area contributed by atoms with E-state index in [0.29, 0.717) is 6.42 Å². The summed E-state index contributed by atoms with van der Waals surface area (Å²) in [7, 11) is -0.0630. The Kier molecular flexibility index (Phi) is 17.1.